The second kappa shape index (κ2) is 6.16. The molecule has 1 amide bonds. The summed E-state index contributed by atoms with van der Waals surface area (Å²) in [7, 11) is 0. The fourth-order valence-electron chi connectivity index (χ4n) is 2.11. The van der Waals surface area contributed by atoms with E-state index in [9.17, 15) is 4.79 Å². The molecule has 1 atom stereocenters. The molecule has 0 N–H and O–H groups in total. The lowest BCUT2D eigenvalue weighted by atomic mass is 10.2. The molecule has 1 aliphatic heterocycles. The number of thioether (sulfide) groups is 1. The van der Waals surface area contributed by atoms with Crippen LogP contribution in [0.1, 0.15) is 10.9 Å². The molecule has 1 aliphatic rings. The van der Waals surface area contributed by atoms with Crippen molar-refractivity contribution in [2.45, 2.75) is 5.37 Å². The zero-order valence-corrected chi connectivity index (χ0v) is 14.5. The molecule has 1 fully saturated rings. The number of nitrogens with zero attached hydrogens (tertiary/aromatic N) is 2. The van der Waals surface area contributed by atoms with Gasteiger partial charge in [0.05, 0.1) is 5.75 Å². The zero-order chi connectivity index (χ0) is 15.0. The Labute approximate surface area is 144 Å². The van der Waals surface area contributed by atoms with Crippen molar-refractivity contribution in [1.29, 1.82) is 0 Å². The average Bonchev–Trinajstić information content (AvgIpc) is 2.82. The maximum atomic E-state index is 12.2. The van der Waals surface area contributed by atoms with Gasteiger partial charge in [-0.05, 0) is 40.2 Å². The van der Waals surface area contributed by atoms with Gasteiger partial charge in [0.25, 0.3) is 0 Å². The SMILES string of the molecule is O=C1CSC(c2ccc(Cl)cc2Cl)N1c1ccc(Br)cn1. The Hall–Kier alpha value is -0.750. The van der Waals surface area contributed by atoms with E-state index in [4.69, 9.17) is 23.2 Å². The summed E-state index contributed by atoms with van der Waals surface area (Å²) in [6.45, 7) is 0. The smallest absolute Gasteiger partial charge is 0.239 e. The summed E-state index contributed by atoms with van der Waals surface area (Å²) >= 11 is 17.1. The largest absolute Gasteiger partial charge is 0.279 e. The van der Waals surface area contributed by atoms with Crippen molar-refractivity contribution in [1.82, 2.24) is 4.98 Å². The van der Waals surface area contributed by atoms with Crippen LogP contribution in [0.25, 0.3) is 0 Å². The Bertz CT molecular complexity index is 696. The monoisotopic (exact) mass is 402 g/mol. The average molecular weight is 404 g/mol. The van der Waals surface area contributed by atoms with Gasteiger partial charge in [-0.1, -0.05) is 29.3 Å². The van der Waals surface area contributed by atoms with Crippen LogP contribution in [0, 0.1) is 0 Å². The Morgan fingerprint density at radius 1 is 1.29 bits per heavy atom. The summed E-state index contributed by atoms with van der Waals surface area (Å²) < 4.78 is 0.867. The summed E-state index contributed by atoms with van der Waals surface area (Å²) in [4.78, 5) is 18.2. The number of hydrogen-bond acceptors (Lipinski definition) is 3. The minimum absolute atomic E-state index is 0.0193. The fourth-order valence-corrected chi connectivity index (χ4v) is 4.12. The first-order valence-corrected chi connectivity index (χ1v) is 8.66. The minimum atomic E-state index is -0.184. The molecule has 2 aromatic rings. The van der Waals surface area contributed by atoms with Crippen LogP contribution in [0.3, 0.4) is 0 Å². The molecular weight excluding hydrogens is 395 g/mol. The van der Waals surface area contributed by atoms with Gasteiger partial charge in [0.1, 0.15) is 11.2 Å². The molecular formula is C14H9BrCl2N2OS. The van der Waals surface area contributed by atoms with Crippen LogP contribution in [-0.2, 0) is 4.79 Å². The first kappa shape index (κ1) is 15.2. The number of pyridine rings is 1. The number of amides is 1. The van der Waals surface area contributed by atoms with Crippen LogP contribution >= 0.6 is 50.9 Å². The van der Waals surface area contributed by atoms with E-state index in [0.29, 0.717) is 21.6 Å². The van der Waals surface area contributed by atoms with Crippen LogP contribution in [-0.4, -0.2) is 16.6 Å². The highest BCUT2D eigenvalue weighted by Crippen LogP contribution is 2.43. The van der Waals surface area contributed by atoms with E-state index in [-0.39, 0.29) is 11.3 Å². The maximum Gasteiger partial charge on any atom is 0.239 e. The highest BCUT2D eigenvalue weighted by atomic mass is 79.9. The number of hydrogen-bond donors (Lipinski definition) is 0. The normalized spacial score (nSPS) is 18.3. The first-order chi connectivity index (χ1) is 10.1. The summed E-state index contributed by atoms with van der Waals surface area (Å²) in [6.07, 6.45) is 1.67. The van der Waals surface area contributed by atoms with Crippen molar-refractivity contribution in [3.8, 4) is 0 Å². The lowest BCUT2D eigenvalue weighted by Crippen LogP contribution is -2.28. The summed E-state index contributed by atoms with van der Waals surface area (Å²) in [6, 6.07) is 8.99. The molecule has 0 aliphatic carbocycles. The number of anilines is 1. The lowest BCUT2D eigenvalue weighted by Gasteiger charge is -2.24. The van der Waals surface area contributed by atoms with Crippen molar-refractivity contribution >= 4 is 62.6 Å². The van der Waals surface area contributed by atoms with E-state index >= 15 is 0 Å². The molecule has 0 saturated carbocycles. The zero-order valence-electron chi connectivity index (χ0n) is 10.6. The molecule has 0 radical (unpaired) electrons. The molecule has 2 heterocycles. The molecule has 1 saturated heterocycles. The molecule has 1 aromatic heterocycles. The molecule has 3 rings (SSSR count). The molecule has 1 aromatic carbocycles. The van der Waals surface area contributed by atoms with Gasteiger partial charge in [-0.25, -0.2) is 4.98 Å². The van der Waals surface area contributed by atoms with Crippen LogP contribution in [0.2, 0.25) is 10.0 Å². The van der Waals surface area contributed by atoms with Gasteiger partial charge in [-0.2, -0.15) is 0 Å². The van der Waals surface area contributed by atoms with Crippen molar-refractivity contribution in [2.75, 3.05) is 10.7 Å². The Morgan fingerprint density at radius 3 is 2.76 bits per heavy atom. The minimum Gasteiger partial charge on any atom is -0.279 e. The predicted molar refractivity (Wildman–Crippen MR) is 91.1 cm³/mol. The van der Waals surface area contributed by atoms with Crippen LogP contribution < -0.4 is 4.90 Å². The number of aromatic nitrogens is 1. The molecule has 21 heavy (non-hydrogen) atoms. The summed E-state index contributed by atoms with van der Waals surface area (Å²) in [5.74, 6) is 1.04. The second-order valence-electron chi connectivity index (χ2n) is 4.43. The highest BCUT2D eigenvalue weighted by Gasteiger charge is 2.35. The number of carbonyl (C=O) groups is 1. The predicted octanol–water partition coefficient (Wildman–Crippen LogP) is 4.93. The summed E-state index contributed by atoms with van der Waals surface area (Å²) in [5.41, 5.74) is 0.863. The van der Waals surface area contributed by atoms with Crippen molar-refractivity contribution < 1.29 is 4.79 Å². The van der Waals surface area contributed by atoms with E-state index < -0.39 is 0 Å². The quantitative estimate of drug-likeness (QED) is 0.712. The highest BCUT2D eigenvalue weighted by molar-refractivity contribution is 9.10. The third kappa shape index (κ3) is 3.06. The topological polar surface area (TPSA) is 33.2 Å². The standard InChI is InChI=1S/C14H9BrCl2N2OS/c15-8-1-4-12(18-6-8)19-13(20)7-21-14(19)10-3-2-9(16)5-11(10)17/h1-6,14H,7H2. The Kier molecular flexibility index (Phi) is 4.45. The van der Waals surface area contributed by atoms with Crippen LogP contribution in [0.5, 0.6) is 0 Å². The molecule has 0 bridgehead atoms. The number of halogens is 3. The second-order valence-corrected chi connectivity index (χ2v) is 7.26. The van der Waals surface area contributed by atoms with Gasteiger partial charge in [0.2, 0.25) is 5.91 Å². The van der Waals surface area contributed by atoms with Crippen molar-refractivity contribution in [3.05, 3.63) is 56.6 Å². The van der Waals surface area contributed by atoms with E-state index in [1.165, 1.54) is 11.8 Å². The van der Waals surface area contributed by atoms with Crippen LogP contribution in [0.15, 0.2) is 41.0 Å². The van der Waals surface area contributed by atoms with Gasteiger partial charge < -0.3 is 0 Å². The molecule has 7 heteroatoms. The van der Waals surface area contributed by atoms with Gasteiger partial charge in [-0.3, -0.25) is 9.69 Å². The molecule has 3 nitrogen and oxygen atoms in total. The maximum absolute atomic E-state index is 12.2. The van der Waals surface area contributed by atoms with Gasteiger partial charge >= 0.3 is 0 Å². The van der Waals surface area contributed by atoms with E-state index in [1.54, 1.807) is 23.2 Å². The Balaban J connectivity index is 2.01. The molecule has 0 spiro atoms. The fraction of sp³-hybridized carbons (Fsp3) is 0.143. The van der Waals surface area contributed by atoms with Crippen molar-refractivity contribution in [2.24, 2.45) is 0 Å². The molecule has 1 unspecified atom stereocenters. The third-order valence-electron chi connectivity index (χ3n) is 3.06. The summed E-state index contributed by atoms with van der Waals surface area (Å²) in [5, 5.41) is 0.944. The number of rotatable bonds is 2. The van der Waals surface area contributed by atoms with E-state index in [0.717, 1.165) is 10.0 Å². The van der Waals surface area contributed by atoms with Crippen molar-refractivity contribution in [3.63, 3.8) is 0 Å². The van der Waals surface area contributed by atoms with E-state index in [2.05, 4.69) is 20.9 Å². The number of benzene rings is 1. The third-order valence-corrected chi connectivity index (χ3v) is 5.28. The lowest BCUT2D eigenvalue weighted by molar-refractivity contribution is -0.115. The van der Waals surface area contributed by atoms with Gasteiger partial charge in [0.15, 0.2) is 0 Å². The first-order valence-electron chi connectivity index (χ1n) is 6.06. The van der Waals surface area contributed by atoms with Crippen LogP contribution in [0.4, 0.5) is 5.82 Å². The van der Waals surface area contributed by atoms with Gasteiger partial charge in [-0.15, -0.1) is 11.8 Å². The Morgan fingerprint density at radius 2 is 2.10 bits per heavy atom. The van der Waals surface area contributed by atoms with Gasteiger partial charge in [0, 0.05) is 26.3 Å². The van der Waals surface area contributed by atoms with E-state index in [1.807, 2.05) is 18.2 Å². The number of carbonyl (C=O) groups excluding carboxylic acids is 1. The molecule has 108 valence electrons.